The van der Waals surface area contributed by atoms with E-state index in [2.05, 4.69) is 56.3 Å². The Morgan fingerprint density at radius 2 is 1.57 bits per heavy atom. The van der Waals surface area contributed by atoms with Crippen LogP contribution >= 0.6 is 0 Å². The Morgan fingerprint density at radius 3 is 2.21 bits per heavy atom. The Bertz CT molecular complexity index is 942. The van der Waals surface area contributed by atoms with E-state index in [1.54, 1.807) is 12.1 Å². The van der Waals surface area contributed by atoms with Gasteiger partial charge in [-0.15, -0.1) is 0 Å². The Balaban J connectivity index is 0.000000640. The van der Waals surface area contributed by atoms with Crippen molar-refractivity contribution in [1.29, 1.82) is 0 Å². The highest BCUT2D eigenvalue weighted by Crippen LogP contribution is 2.28. The normalized spacial score (nSPS) is 9.82. The molecule has 28 heavy (non-hydrogen) atoms. The van der Waals surface area contributed by atoms with Crippen molar-refractivity contribution < 1.29 is 18.8 Å². The average molecular weight is 396 g/mol. The van der Waals surface area contributed by atoms with Crippen LogP contribution in [-0.2, 0) is 27.3 Å². The van der Waals surface area contributed by atoms with E-state index in [1.807, 2.05) is 12.1 Å². The summed E-state index contributed by atoms with van der Waals surface area (Å²) in [6.07, 6.45) is 0. The van der Waals surface area contributed by atoms with Crippen LogP contribution in [0.2, 0.25) is 0 Å². The number of carbonyl (C=O) groups is 1. The first-order chi connectivity index (χ1) is 13.4. The molecule has 0 unspecified atom stereocenters. The molecule has 144 valence electrons. The molecular formula is C23H23O4S+. The van der Waals surface area contributed by atoms with Gasteiger partial charge in [0.2, 0.25) is 0 Å². The van der Waals surface area contributed by atoms with Crippen LogP contribution in [0.4, 0.5) is 0 Å². The van der Waals surface area contributed by atoms with Crippen molar-refractivity contribution in [2.45, 2.75) is 32.3 Å². The molecule has 4 nitrogen and oxygen atoms in total. The number of carboxylic acid groups (broad SMARTS) is 1. The topological polar surface area (TPSA) is 63.6 Å². The first-order valence-electron chi connectivity index (χ1n) is 8.78. The van der Waals surface area contributed by atoms with E-state index < -0.39 is 5.97 Å². The van der Waals surface area contributed by atoms with E-state index in [4.69, 9.17) is 14.6 Å². The number of hydrogen-bond donors (Lipinski definition) is 1. The van der Waals surface area contributed by atoms with Crippen LogP contribution in [0.15, 0.2) is 71.6 Å². The third kappa shape index (κ3) is 6.28. The van der Waals surface area contributed by atoms with Gasteiger partial charge in [0, 0.05) is 17.2 Å². The molecule has 5 heteroatoms. The fourth-order valence-corrected chi connectivity index (χ4v) is 3.17. The lowest BCUT2D eigenvalue weighted by Crippen LogP contribution is -1.96. The Kier molecular flexibility index (Phi) is 7.84. The molecule has 0 aliphatic heterocycles. The van der Waals surface area contributed by atoms with E-state index in [1.165, 1.54) is 22.3 Å². The SMILES string of the molecule is CC(=O)O.Cc1cccc(C)c1-c1cccc(COc2cccc([S+]=O)c2)c1. The van der Waals surface area contributed by atoms with Crippen LogP contribution in [0.5, 0.6) is 5.75 Å². The van der Waals surface area contributed by atoms with E-state index in [0.717, 1.165) is 12.5 Å². The molecule has 0 saturated carbocycles. The van der Waals surface area contributed by atoms with Crippen molar-refractivity contribution in [2.75, 3.05) is 0 Å². The minimum atomic E-state index is -0.833. The van der Waals surface area contributed by atoms with E-state index in [9.17, 15) is 4.21 Å². The molecule has 0 aromatic heterocycles. The quantitative estimate of drug-likeness (QED) is 0.585. The second-order valence-corrected chi connectivity index (χ2v) is 6.97. The zero-order valence-electron chi connectivity index (χ0n) is 16.1. The van der Waals surface area contributed by atoms with Crippen LogP contribution in [0.1, 0.15) is 23.6 Å². The van der Waals surface area contributed by atoms with Gasteiger partial charge in [0.1, 0.15) is 12.4 Å². The number of aliphatic carboxylic acids is 1. The predicted molar refractivity (Wildman–Crippen MR) is 112 cm³/mol. The first kappa shape index (κ1) is 21.3. The summed E-state index contributed by atoms with van der Waals surface area (Å²) in [6.45, 7) is 5.83. The summed E-state index contributed by atoms with van der Waals surface area (Å²) < 4.78 is 16.7. The maximum atomic E-state index is 10.9. The monoisotopic (exact) mass is 395 g/mol. The standard InChI is InChI=1S/C21H19O2S.C2H4O2/c1-15-6-3-7-16(2)21(15)18-9-4-8-17(12-18)14-23-19-10-5-11-20(13-19)24-22;1-2(3)4/h3-13H,14H2,1-2H3;1H3,(H,3,4)/q+1;. The van der Waals surface area contributed by atoms with Gasteiger partial charge in [0.15, 0.2) is 0 Å². The van der Waals surface area contributed by atoms with Gasteiger partial charge in [0.05, 0.1) is 6.07 Å². The third-order valence-electron chi connectivity index (χ3n) is 4.00. The van der Waals surface area contributed by atoms with Crippen LogP contribution in [0, 0.1) is 13.8 Å². The highest BCUT2D eigenvalue weighted by molar-refractivity contribution is 7.65. The van der Waals surface area contributed by atoms with Crippen molar-refractivity contribution in [1.82, 2.24) is 0 Å². The van der Waals surface area contributed by atoms with Gasteiger partial charge in [-0.2, -0.15) is 0 Å². The molecule has 3 aromatic rings. The zero-order valence-corrected chi connectivity index (χ0v) is 17.0. The Labute approximate surface area is 169 Å². The predicted octanol–water partition coefficient (Wildman–Crippen LogP) is 5.43. The molecule has 0 heterocycles. The van der Waals surface area contributed by atoms with Crippen LogP contribution < -0.4 is 4.74 Å². The molecule has 0 bridgehead atoms. The number of carboxylic acids is 1. The number of rotatable bonds is 5. The fourth-order valence-electron chi connectivity index (χ4n) is 2.87. The molecule has 0 spiro atoms. The van der Waals surface area contributed by atoms with Gasteiger partial charge in [-0.3, -0.25) is 4.79 Å². The molecule has 0 radical (unpaired) electrons. The molecule has 1 N–H and O–H groups in total. The van der Waals surface area contributed by atoms with E-state index in [-0.39, 0.29) is 0 Å². The van der Waals surface area contributed by atoms with Crippen molar-refractivity contribution >= 4 is 17.6 Å². The highest BCUT2D eigenvalue weighted by Gasteiger charge is 2.09. The van der Waals surface area contributed by atoms with Crippen molar-refractivity contribution in [3.63, 3.8) is 0 Å². The van der Waals surface area contributed by atoms with Gasteiger partial charge in [-0.25, -0.2) is 0 Å². The Morgan fingerprint density at radius 1 is 0.964 bits per heavy atom. The molecule has 0 saturated heterocycles. The lowest BCUT2D eigenvalue weighted by molar-refractivity contribution is -0.134. The summed E-state index contributed by atoms with van der Waals surface area (Å²) in [5.41, 5.74) is 6.14. The van der Waals surface area contributed by atoms with Crippen LogP contribution in [0.25, 0.3) is 11.1 Å². The summed E-state index contributed by atoms with van der Waals surface area (Å²) >= 11 is 0.478. The first-order valence-corrected chi connectivity index (χ1v) is 9.52. The lowest BCUT2D eigenvalue weighted by Gasteiger charge is -2.12. The van der Waals surface area contributed by atoms with E-state index >= 15 is 0 Å². The molecular weight excluding hydrogens is 372 g/mol. The van der Waals surface area contributed by atoms with Crippen molar-refractivity contribution in [3.05, 3.63) is 83.4 Å². The van der Waals surface area contributed by atoms with E-state index in [0.29, 0.717) is 28.9 Å². The van der Waals surface area contributed by atoms with Gasteiger partial charge < -0.3 is 9.84 Å². The number of ether oxygens (including phenoxy) is 1. The molecule has 0 atom stereocenters. The minimum absolute atomic E-state index is 0.478. The summed E-state index contributed by atoms with van der Waals surface area (Å²) in [4.78, 5) is 9.66. The van der Waals surface area contributed by atoms with Gasteiger partial charge in [0.25, 0.3) is 10.9 Å². The second kappa shape index (κ2) is 10.3. The molecule has 3 rings (SSSR count). The number of aryl methyl sites for hydroxylation is 2. The van der Waals surface area contributed by atoms with Crippen LogP contribution in [-0.4, -0.2) is 11.1 Å². The zero-order chi connectivity index (χ0) is 20.5. The average Bonchev–Trinajstić information content (AvgIpc) is 2.66. The number of hydrogen-bond acceptors (Lipinski definition) is 3. The molecule has 0 aliphatic carbocycles. The summed E-state index contributed by atoms with van der Waals surface area (Å²) in [5.74, 6) is -0.117. The van der Waals surface area contributed by atoms with Crippen molar-refractivity contribution in [2.24, 2.45) is 0 Å². The number of benzene rings is 3. The molecule has 0 fully saturated rings. The maximum absolute atomic E-state index is 10.9. The highest BCUT2D eigenvalue weighted by atomic mass is 32.1. The molecule has 0 aliphatic rings. The van der Waals surface area contributed by atoms with Gasteiger partial charge in [-0.05, 0) is 53.8 Å². The second-order valence-electron chi connectivity index (χ2n) is 6.33. The van der Waals surface area contributed by atoms with Crippen molar-refractivity contribution in [3.8, 4) is 16.9 Å². The smallest absolute Gasteiger partial charge is 0.489 e. The maximum Gasteiger partial charge on any atom is 0.505 e. The summed E-state index contributed by atoms with van der Waals surface area (Å²) in [6, 6.07) is 22.0. The largest absolute Gasteiger partial charge is 0.505 e. The van der Waals surface area contributed by atoms with Gasteiger partial charge >= 0.3 is 11.7 Å². The summed E-state index contributed by atoms with van der Waals surface area (Å²) in [7, 11) is 0. The summed E-state index contributed by atoms with van der Waals surface area (Å²) in [5, 5.41) is 7.42. The minimum Gasteiger partial charge on any atom is -0.489 e. The van der Waals surface area contributed by atoms with Gasteiger partial charge in [-0.1, -0.05) is 42.5 Å². The fraction of sp³-hybridized carbons (Fsp3) is 0.174. The molecule has 0 amide bonds. The third-order valence-corrected chi connectivity index (χ3v) is 4.45. The van der Waals surface area contributed by atoms with Crippen LogP contribution in [0.3, 0.4) is 0 Å². The molecule has 3 aromatic carbocycles. The lowest BCUT2D eigenvalue weighted by atomic mass is 9.95. The Hall–Kier alpha value is -3.05.